The summed E-state index contributed by atoms with van der Waals surface area (Å²) in [6.07, 6.45) is 0.562. The molecule has 0 radical (unpaired) electrons. The molecule has 2 aromatic rings. The number of esters is 2. The summed E-state index contributed by atoms with van der Waals surface area (Å²) in [6, 6.07) is 5.79. The van der Waals surface area contributed by atoms with Gasteiger partial charge in [-0.3, -0.25) is 9.59 Å². The van der Waals surface area contributed by atoms with Gasteiger partial charge < -0.3 is 29.4 Å². The van der Waals surface area contributed by atoms with Crippen LogP contribution in [0.25, 0.3) is 0 Å². The van der Waals surface area contributed by atoms with Crippen LogP contribution in [0.1, 0.15) is 92.1 Å². The molecule has 12 heteroatoms. The maximum atomic E-state index is 13.7. The van der Waals surface area contributed by atoms with Gasteiger partial charge in [0, 0.05) is 35.9 Å². The summed E-state index contributed by atoms with van der Waals surface area (Å²) in [7, 11) is -2.14. The zero-order chi connectivity index (χ0) is 33.5. The summed E-state index contributed by atoms with van der Waals surface area (Å²) in [5, 5.41) is 7.83. The van der Waals surface area contributed by atoms with Crippen molar-refractivity contribution in [1.29, 1.82) is 0 Å². The average Bonchev–Trinajstić information content (AvgIpc) is 3.46. The second kappa shape index (κ2) is 12.5. The molecule has 3 heterocycles. The molecule has 0 saturated heterocycles. The SMILES string of the molecule is CC(C)(C)OC(=O)C(=O)NCC(C)(C)OC(=O)c1csc2c1CC(CN1Cc3cccc(O[Si](C)(C)C(C)(C)C)c3C1=O)NC2. The van der Waals surface area contributed by atoms with E-state index in [9.17, 15) is 19.2 Å². The van der Waals surface area contributed by atoms with Gasteiger partial charge >= 0.3 is 17.8 Å². The van der Waals surface area contributed by atoms with Crippen molar-refractivity contribution in [2.45, 2.75) is 110 Å². The van der Waals surface area contributed by atoms with Crippen molar-refractivity contribution >= 4 is 43.4 Å². The Hall–Kier alpha value is -3.22. The van der Waals surface area contributed by atoms with Gasteiger partial charge in [-0.1, -0.05) is 32.9 Å². The number of thiophene rings is 1. The molecule has 45 heavy (non-hydrogen) atoms. The molecular weight excluding hydrogens is 611 g/mol. The number of nitrogens with zero attached hydrogens (tertiary/aromatic N) is 1. The molecule has 1 unspecified atom stereocenters. The topological polar surface area (TPSA) is 123 Å². The molecule has 4 rings (SSSR count). The quantitative estimate of drug-likeness (QED) is 0.226. The Kier molecular flexibility index (Phi) is 9.64. The van der Waals surface area contributed by atoms with Crippen LogP contribution in [-0.2, 0) is 38.6 Å². The summed E-state index contributed by atoms with van der Waals surface area (Å²) >= 11 is 1.49. The lowest BCUT2D eigenvalue weighted by molar-refractivity contribution is -0.163. The first-order chi connectivity index (χ1) is 20.7. The van der Waals surface area contributed by atoms with Crippen molar-refractivity contribution in [3.63, 3.8) is 0 Å². The number of hydrogen-bond donors (Lipinski definition) is 2. The monoisotopic (exact) mass is 657 g/mol. The molecule has 0 fully saturated rings. The number of amides is 2. The Morgan fingerprint density at radius 1 is 1.07 bits per heavy atom. The number of rotatable bonds is 8. The fourth-order valence-corrected chi connectivity index (χ4v) is 7.02. The van der Waals surface area contributed by atoms with Gasteiger partial charge in [0.15, 0.2) is 0 Å². The van der Waals surface area contributed by atoms with Crippen molar-refractivity contribution in [2.24, 2.45) is 0 Å². The number of nitrogens with one attached hydrogen (secondary N) is 2. The predicted octanol–water partition coefficient (Wildman–Crippen LogP) is 5.20. The first kappa shape index (κ1) is 34.6. The molecule has 2 amide bonds. The van der Waals surface area contributed by atoms with E-state index in [4.69, 9.17) is 13.9 Å². The molecule has 246 valence electrons. The summed E-state index contributed by atoms with van der Waals surface area (Å²) in [4.78, 5) is 54.1. The summed E-state index contributed by atoms with van der Waals surface area (Å²) in [5.74, 6) is -1.76. The van der Waals surface area contributed by atoms with Crippen molar-refractivity contribution in [2.75, 3.05) is 13.1 Å². The van der Waals surface area contributed by atoms with Gasteiger partial charge in [0.1, 0.15) is 17.0 Å². The highest BCUT2D eigenvalue weighted by Crippen LogP contribution is 2.40. The number of carbonyl (C=O) groups excluding carboxylic acids is 4. The van der Waals surface area contributed by atoms with Crippen molar-refractivity contribution in [3.05, 3.63) is 50.7 Å². The first-order valence-electron chi connectivity index (χ1n) is 15.3. The minimum Gasteiger partial charge on any atom is -0.543 e. The number of fused-ring (bicyclic) bond motifs is 2. The second-order valence-electron chi connectivity index (χ2n) is 15.0. The zero-order valence-corrected chi connectivity index (χ0v) is 30.0. The van der Waals surface area contributed by atoms with Crippen LogP contribution in [0.2, 0.25) is 18.1 Å². The Morgan fingerprint density at radius 3 is 2.40 bits per heavy atom. The van der Waals surface area contributed by atoms with Crippen LogP contribution in [0.15, 0.2) is 23.6 Å². The minimum absolute atomic E-state index is 0.00339. The molecule has 0 bridgehead atoms. The maximum Gasteiger partial charge on any atom is 0.397 e. The van der Waals surface area contributed by atoms with Crippen LogP contribution in [0.3, 0.4) is 0 Å². The largest absolute Gasteiger partial charge is 0.543 e. The standard InChI is InChI=1S/C33H47N3O7SSi/c1-31(2,3)41-30(40)27(37)35-19-33(7,8)42-29(39)23-18-44-25-15-34-21(14-22(23)25)17-36-16-20-12-11-13-24(26(20)28(36)38)43-45(9,10)32(4,5)6/h11-13,18,21,34H,14-17,19H2,1-10H3,(H,35,37). The second-order valence-corrected chi connectivity index (χ2v) is 20.7. The zero-order valence-electron chi connectivity index (χ0n) is 28.1. The van der Waals surface area contributed by atoms with E-state index < -0.39 is 37.4 Å². The molecule has 1 aromatic heterocycles. The fraction of sp³-hybridized carbons (Fsp3) is 0.576. The highest BCUT2D eigenvalue weighted by molar-refractivity contribution is 7.10. The Balaban J connectivity index is 1.39. The van der Waals surface area contributed by atoms with Gasteiger partial charge in [0.05, 0.1) is 17.7 Å². The third-order valence-corrected chi connectivity index (χ3v) is 13.8. The highest BCUT2D eigenvalue weighted by atomic mass is 32.1. The van der Waals surface area contributed by atoms with E-state index in [2.05, 4.69) is 44.5 Å². The summed E-state index contributed by atoms with van der Waals surface area (Å²) in [5.41, 5.74) is 1.14. The maximum absolute atomic E-state index is 13.7. The van der Waals surface area contributed by atoms with Gasteiger partial charge in [0.25, 0.3) is 14.2 Å². The Morgan fingerprint density at radius 2 is 1.76 bits per heavy atom. The van der Waals surface area contributed by atoms with Gasteiger partial charge in [-0.15, -0.1) is 11.3 Å². The molecule has 10 nitrogen and oxygen atoms in total. The number of carbonyl (C=O) groups is 4. The van der Waals surface area contributed by atoms with Crippen molar-refractivity contribution in [1.82, 2.24) is 15.5 Å². The van der Waals surface area contributed by atoms with Crippen LogP contribution >= 0.6 is 11.3 Å². The number of benzene rings is 1. The molecule has 2 aliphatic heterocycles. The van der Waals surface area contributed by atoms with Crippen LogP contribution in [0, 0.1) is 0 Å². The Bertz CT molecular complexity index is 1490. The molecule has 0 aliphatic carbocycles. The highest BCUT2D eigenvalue weighted by Gasteiger charge is 2.41. The van der Waals surface area contributed by atoms with Gasteiger partial charge in [0.2, 0.25) is 0 Å². The van der Waals surface area contributed by atoms with Gasteiger partial charge in [-0.05, 0) is 76.4 Å². The third-order valence-electron chi connectivity index (χ3n) is 8.42. The van der Waals surface area contributed by atoms with E-state index in [0.29, 0.717) is 42.9 Å². The first-order valence-corrected chi connectivity index (χ1v) is 19.1. The summed E-state index contributed by atoms with van der Waals surface area (Å²) < 4.78 is 17.5. The predicted molar refractivity (Wildman–Crippen MR) is 176 cm³/mol. The number of ether oxygens (including phenoxy) is 2. The van der Waals surface area contributed by atoms with E-state index in [1.165, 1.54) is 11.3 Å². The smallest absolute Gasteiger partial charge is 0.397 e. The Labute approximate surface area is 271 Å². The lowest BCUT2D eigenvalue weighted by atomic mass is 9.98. The molecule has 2 N–H and O–H groups in total. The van der Waals surface area contributed by atoms with Crippen molar-refractivity contribution < 1.29 is 33.1 Å². The average molecular weight is 658 g/mol. The molecule has 0 saturated carbocycles. The van der Waals surface area contributed by atoms with E-state index in [-0.39, 0.29) is 23.5 Å². The number of hydrogen-bond acceptors (Lipinski definition) is 9. The van der Waals surface area contributed by atoms with E-state index >= 15 is 0 Å². The molecule has 0 spiro atoms. The molecule has 2 aliphatic rings. The van der Waals surface area contributed by atoms with Crippen LogP contribution in [0.4, 0.5) is 0 Å². The normalized spacial score (nSPS) is 17.0. The lowest BCUT2D eigenvalue weighted by Crippen LogP contribution is -2.46. The lowest BCUT2D eigenvalue weighted by Gasteiger charge is -2.36. The summed E-state index contributed by atoms with van der Waals surface area (Å²) in [6.45, 7) is 20.8. The minimum atomic E-state index is -2.14. The van der Waals surface area contributed by atoms with Crippen molar-refractivity contribution in [3.8, 4) is 5.75 Å². The fourth-order valence-electron chi connectivity index (χ4n) is 5.00. The van der Waals surface area contributed by atoms with Crippen LogP contribution in [0.5, 0.6) is 5.75 Å². The van der Waals surface area contributed by atoms with E-state index in [1.54, 1.807) is 40.0 Å². The molecular formula is C33H47N3O7SSi. The molecule has 1 aromatic carbocycles. The van der Waals surface area contributed by atoms with Crippen LogP contribution in [-0.4, -0.2) is 67.3 Å². The van der Waals surface area contributed by atoms with Gasteiger partial charge in [-0.25, -0.2) is 9.59 Å². The van der Waals surface area contributed by atoms with Gasteiger partial charge in [-0.2, -0.15) is 0 Å². The third kappa shape index (κ3) is 8.14. The van der Waals surface area contributed by atoms with E-state index in [0.717, 1.165) is 16.0 Å². The van der Waals surface area contributed by atoms with Crippen LogP contribution < -0.4 is 15.1 Å². The van der Waals surface area contributed by atoms with E-state index in [1.807, 2.05) is 23.1 Å². The molecule has 1 atom stereocenters.